The van der Waals surface area contributed by atoms with Gasteiger partial charge in [-0.3, -0.25) is 4.98 Å². The van der Waals surface area contributed by atoms with Gasteiger partial charge in [-0.2, -0.15) is 0 Å². The van der Waals surface area contributed by atoms with E-state index in [1.807, 2.05) is 18.2 Å². The Morgan fingerprint density at radius 1 is 1.29 bits per heavy atom. The van der Waals surface area contributed by atoms with E-state index in [0.717, 1.165) is 42.5 Å². The number of aliphatic hydroxyl groups is 1. The second-order valence-electron chi connectivity index (χ2n) is 5.27. The van der Waals surface area contributed by atoms with Crippen LogP contribution in [0.25, 0.3) is 11.5 Å². The first-order valence-electron chi connectivity index (χ1n) is 7.49. The zero-order valence-corrected chi connectivity index (χ0v) is 13.0. The summed E-state index contributed by atoms with van der Waals surface area (Å²) in [6, 6.07) is 5.79. The molecule has 0 spiro atoms. The smallest absolute Gasteiger partial charge is 0.191 e. The quantitative estimate of drug-likeness (QED) is 0.941. The Balaban J connectivity index is 1.85. The summed E-state index contributed by atoms with van der Waals surface area (Å²) in [6.07, 6.45) is 5.78. The molecular weight excluding hydrogens is 284 g/mol. The molecule has 2 atom stereocenters. The third-order valence-electron chi connectivity index (χ3n) is 3.85. The highest BCUT2D eigenvalue weighted by atomic mass is 32.2. The summed E-state index contributed by atoms with van der Waals surface area (Å²) >= 11 is 1.65. The van der Waals surface area contributed by atoms with Gasteiger partial charge in [0.2, 0.25) is 0 Å². The molecule has 0 radical (unpaired) electrons. The molecule has 2 aromatic heterocycles. The van der Waals surface area contributed by atoms with E-state index in [0.29, 0.717) is 0 Å². The van der Waals surface area contributed by atoms with Gasteiger partial charge in [-0.05, 0) is 31.9 Å². The van der Waals surface area contributed by atoms with Crippen LogP contribution in [0.3, 0.4) is 0 Å². The number of aliphatic hydroxyl groups excluding tert-OH is 1. The van der Waals surface area contributed by atoms with E-state index >= 15 is 0 Å². The largest absolute Gasteiger partial charge is 0.392 e. The molecule has 0 saturated heterocycles. The van der Waals surface area contributed by atoms with Gasteiger partial charge >= 0.3 is 0 Å². The van der Waals surface area contributed by atoms with E-state index in [1.165, 1.54) is 6.42 Å². The van der Waals surface area contributed by atoms with E-state index < -0.39 is 0 Å². The Morgan fingerprint density at radius 3 is 2.86 bits per heavy atom. The van der Waals surface area contributed by atoms with Gasteiger partial charge in [-0.1, -0.05) is 30.7 Å². The minimum atomic E-state index is -0.232. The van der Waals surface area contributed by atoms with Crippen molar-refractivity contribution in [1.29, 1.82) is 0 Å². The normalized spacial score (nSPS) is 22.4. The number of hydrogen-bond donors (Lipinski definition) is 1. The van der Waals surface area contributed by atoms with Crippen LogP contribution in [0.5, 0.6) is 0 Å². The van der Waals surface area contributed by atoms with E-state index in [9.17, 15) is 5.11 Å². The molecule has 2 heterocycles. The number of aromatic nitrogens is 4. The van der Waals surface area contributed by atoms with Gasteiger partial charge in [-0.15, -0.1) is 10.2 Å². The fourth-order valence-corrected chi connectivity index (χ4v) is 3.97. The molecule has 1 N–H and O–H groups in total. The Bertz CT molecular complexity index is 587. The topological polar surface area (TPSA) is 63.8 Å². The van der Waals surface area contributed by atoms with Crippen molar-refractivity contribution in [1.82, 2.24) is 19.7 Å². The van der Waals surface area contributed by atoms with E-state index in [2.05, 4.69) is 26.7 Å². The molecule has 1 aliphatic carbocycles. The van der Waals surface area contributed by atoms with Gasteiger partial charge in [0, 0.05) is 18.0 Å². The molecule has 0 aliphatic heterocycles. The molecule has 1 saturated carbocycles. The molecule has 2 unspecified atom stereocenters. The lowest BCUT2D eigenvalue weighted by Gasteiger charge is -2.26. The van der Waals surface area contributed by atoms with Crippen molar-refractivity contribution >= 4 is 11.8 Å². The molecule has 5 nitrogen and oxygen atoms in total. The van der Waals surface area contributed by atoms with Crippen LogP contribution >= 0.6 is 11.8 Å². The highest BCUT2D eigenvalue weighted by Crippen LogP contribution is 2.34. The molecule has 3 rings (SSSR count). The van der Waals surface area contributed by atoms with Crippen molar-refractivity contribution in [3.63, 3.8) is 0 Å². The fourth-order valence-electron chi connectivity index (χ4n) is 2.70. The molecular formula is C15H20N4OS. The Labute approximate surface area is 128 Å². The Morgan fingerprint density at radius 2 is 2.14 bits per heavy atom. The molecule has 0 bridgehead atoms. The third kappa shape index (κ3) is 3.11. The maximum atomic E-state index is 10.1. The molecule has 6 heteroatoms. The molecule has 1 fully saturated rings. The molecule has 0 aromatic carbocycles. The molecule has 112 valence electrons. The van der Waals surface area contributed by atoms with Crippen LogP contribution < -0.4 is 0 Å². The lowest BCUT2D eigenvalue weighted by Crippen LogP contribution is -2.27. The average molecular weight is 304 g/mol. The summed E-state index contributed by atoms with van der Waals surface area (Å²) < 4.78 is 2.08. The van der Waals surface area contributed by atoms with E-state index in [4.69, 9.17) is 0 Å². The van der Waals surface area contributed by atoms with Crippen molar-refractivity contribution in [2.45, 2.75) is 55.7 Å². The highest BCUT2D eigenvalue weighted by Gasteiger charge is 2.26. The monoisotopic (exact) mass is 304 g/mol. The Kier molecular flexibility index (Phi) is 4.55. The predicted octanol–water partition coefficient (Wildman–Crippen LogP) is 2.76. The van der Waals surface area contributed by atoms with Crippen LogP contribution in [0, 0.1) is 0 Å². The van der Waals surface area contributed by atoms with Gasteiger partial charge < -0.3 is 9.67 Å². The summed E-state index contributed by atoms with van der Waals surface area (Å²) in [4.78, 5) is 4.35. The first kappa shape index (κ1) is 14.5. The number of nitrogens with zero attached hydrogens (tertiary/aromatic N) is 4. The number of pyridine rings is 1. The number of hydrogen-bond acceptors (Lipinski definition) is 5. The average Bonchev–Trinajstić information content (AvgIpc) is 2.93. The summed E-state index contributed by atoms with van der Waals surface area (Å²) in [5.74, 6) is 0.797. The highest BCUT2D eigenvalue weighted by molar-refractivity contribution is 7.99. The van der Waals surface area contributed by atoms with Crippen LogP contribution in [0.4, 0.5) is 0 Å². The van der Waals surface area contributed by atoms with E-state index in [1.54, 1.807) is 18.0 Å². The van der Waals surface area contributed by atoms with Crippen molar-refractivity contribution in [3.8, 4) is 11.5 Å². The van der Waals surface area contributed by atoms with Crippen LogP contribution in [-0.2, 0) is 6.54 Å². The van der Waals surface area contributed by atoms with Crippen molar-refractivity contribution in [2.24, 2.45) is 0 Å². The van der Waals surface area contributed by atoms with Crippen LogP contribution in [0.1, 0.15) is 32.6 Å². The van der Waals surface area contributed by atoms with Crippen LogP contribution in [0.2, 0.25) is 0 Å². The van der Waals surface area contributed by atoms with Gasteiger partial charge in [0.1, 0.15) is 5.69 Å². The zero-order chi connectivity index (χ0) is 14.7. The summed E-state index contributed by atoms with van der Waals surface area (Å²) in [5.41, 5.74) is 0.836. The second kappa shape index (κ2) is 6.58. The summed E-state index contributed by atoms with van der Waals surface area (Å²) in [7, 11) is 0. The lowest BCUT2D eigenvalue weighted by molar-refractivity contribution is 0.137. The molecule has 0 amide bonds. The van der Waals surface area contributed by atoms with Gasteiger partial charge in [0.15, 0.2) is 11.0 Å². The third-order valence-corrected chi connectivity index (χ3v) is 5.22. The molecule has 2 aromatic rings. The van der Waals surface area contributed by atoms with Gasteiger partial charge in [0.25, 0.3) is 0 Å². The zero-order valence-electron chi connectivity index (χ0n) is 12.1. The summed E-state index contributed by atoms with van der Waals surface area (Å²) in [6.45, 7) is 2.88. The lowest BCUT2D eigenvalue weighted by atomic mass is 9.97. The summed E-state index contributed by atoms with van der Waals surface area (Å²) in [5, 5.41) is 19.8. The Hall–Kier alpha value is -1.40. The maximum Gasteiger partial charge on any atom is 0.191 e. The van der Waals surface area contributed by atoms with Gasteiger partial charge in [-0.25, -0.2) is 0 Å². The molecule has 21 heavy (non-hydrogen) atoms. The molecule has 1 aliphatic rings. The van der Waals surface area contributed by atoms with Gasteiger partial charge in [0.05, 0.1) is 6.10 Å². The first-order valence-corrected chi connectivity index (χ1v) is 8.37. The fraction of sp³-hybridized carbons (Fsp3) is 0.533. The minimum absolute atomic E-state index is 0.227. The minimum Gasteiger partial charge on any atom is -0.392 e. The van der Waals surface area contributed by atoms with Crippen molar-refractivity contribution in [2.75, 3.05) is 0 Å². The number of rotatable bonds is 4. The SMILES string of the molecule is CCn1c(SC2CCCCC2O)nnc1-c1ccccn1. The van der Waals surface area contributed by atoms with E-state index in [-0.39, 0.29) is 11.4 Å². The second-order valence-corrected chi connectivity index (χ2v) is 6.48. The standard InChI is InChI=1S/C15H20N4OS/c1-2-19-14(11-7-5-6-10-16-11)17-18-15(19)21-13-9-4-3-8-12(13)20/h5-7,10,12-13,20H,2-4,8-9H2,1H3. The van der Waals surface area contributed by atoms with Crippen molar-refractivity contribution < 1.29 is 5.11 Å². The number of thioether (sulfide) groups is 1. The van der Waals surface area contributed by atoms with Crippen LogP contribution in [-0.4, -0.2) is 36.2 Å². The van der Waals surface area contributed by atoms with Crippen molar-refractivity contribution in [3.05, 3.63) is 24.4 Å². The van der Waals surface area contributed by atoms with Crippen LogP contribution in [0.15, 0.2) is 29.6 Å². The predicted molar refractivity (Wildman–Crippen MR) is 83.0 cm³/mol. The first-order chi connectivity index (χ1) is 10.3. The maximum absolute atomic E-state index is 10.1.